The van der Waals surface area contributed by atoms with Gasteiger partial charge in [0.2, 0.25) is 0 Å². The average Bonchev–Trinajstić information content (AvgIpc) is 2.35. The first-order valence-electron chi connectivity index (χ1n) is 6.34. The molecule has 4 nitrogen and oxygen atoms in total. The number of anilines is 1. The molecule has 1 N–H and O–H groups in total. The zero-order valence-electron chi connectivity index (χ0n) is 10.3. The summed E-state index contributed by atoms with van der Waals surface area (Å²) >= 11 is 0. The Labute approximate surface area is 102 Å². The summed E-state index contributed by atoms with van der Waals surface area (Å²) in [6, 6.07) is 3.85. The summed E-state index contributed by atoms with van der Waals surface area (Å²) in [5, 5.41) is 3.42. The van der Waals surface area contributed by atoms with Gasteiger partial charge in [-0.1, -0.05) is 6.92 Å². The number of ether oxygens (including phenoxy) is 1. The Morgan fingerprint density at radius 2 is 2.41 bits per heavy atom. The third kappa shape index (κ3) is 3.33. The van der Waals surface area contributed by atoms with Crippen LogP contribution in [0.25, 0.3) is 0 Å². The van der Waals surface area contributed by atoms with Crippen LogP contribution in [0.15, 0.2) is 23.1 Å². The van der Waals surface area contributed by atoms with Gasteiger partial charge in [-0.05, 0) is 25.3 Å². The third-order valence-electron chi connectivity index (χ3n) is 2.98. The van der Waals surface area contributed by atoms with Crippen molar-refractivity contribution in [2.45, 2.75) is 38.8 Å². The lowest BCUT2D eigenvalue weighted by molar-refractivity contribution is 0.0876. The van der Waals surface area contributed by atoms with Crippen molar-refractivity contribution >= 4 is 5.69 Å². The smallest absolute Gasteiger partial charge is 0.250 e. The lowest BCUT2D eigenvalue weighted by Gasteiger charge is -2.24. The maximum Gasteiger partial charge on any atom is 0.250 e. The van der Waals surface area contributed by atoms with Crippen LogP contribution in [0.3, 0.4) is 0 Å². The predicted molar refractivity (Wildman–Crippen MR) is 68.5 cm³/mol. The molecule has 0 saturated carbocycles. The van der Waals surface area contributed by atoms with E-state index in [-0.39, 0.29) is 5.56 Å². The van der Waals surface area contributed by atoms with E-state index in [0.717, 1.165) is 44.7 Å². The molecule has 1 fully saturated rings. The van der Waals surface area contributed by atoms with Crippen molar-refractivity contribution < 1.29 is 4.74 Å². The van der Waals surface area contributed by atoms with Crippen LogP contribution in [0.1, 0.15) is 26.2 Å². The monoisotopic (exact) mass is 236 g/mol. The number of rotatable bonds is 4. The van der Waals surface area contributed by atoms with E-state index in [9.17, 15) is 4.79 Å². The molecule has 0 aliphatic carbocycles. The standard InChI is InChI=1S/C13H20N2O2/c1-2-7-15-9-11(5-6-13(15)16)14-12-4-3-8-17-10-12/h5-6,9,12,14H,2-4,7-8,10H2,1H3. The number of hydrogen-bond donors (Lipinski definition) is 1. The summed E-state index contributed by atoms with van der Waals surface area (Å²) in [7, 11) is 0. The van der Waals surface area contributed by atoms with E-state index in [1.165, 1.54) is 0 Å². The van der Waals surface area contributed by atoms with Crippen molar-refractivity contribution in [3.8, 4) is 0 Å². The Morgan fingerprint density at radius 1 is 1.53 bits per heavy atom. The predicted octanol–water partition coefficient (Wildman–Crippen LogP) is 1.85. The minimum atomic E-state index is 0.0669. The highest BCUT2D eigenvalue weighted by Crippen LogP contribution is 2.13. The third-order valence-corrected chi connectivity index (χ3v) is 2.98. The average molecular weight is 236 g/mol. The highest BCUT2D eigenvalue weighted by atomic mass is 16.5. The normalized spacial score (nSPS) is 20.2. The number of aryl methyl sites for hydroxylation is 1. The molecule has 1 aliphatic heterocycles. The SMILES string of the molecule is CCCn1cc(NC2CCCOC2)ccc1=O. The van der Waals surface area contributed by atoms with Gasteiger partial charge >= 0.3 is 0 Å². The van der Waals surface area contributed by atoms with Crippen molar-refractivity contribution in [1.29, 1.82) is 0 Å². The fourth-order valence-electron chi connectivity index (χ4n) is 2.12. The van der Waals surface area contributed by atoms with Gasteiger partial charge in [-0.25, -0.2) is 0 Å². The first-order valence-corrected chi connectivity index (χ1v) is 6.34. The van der Waals surface area contributed by atoms with Crippen LogP contribution in [0.4, 0.5) is 5.69 Å². The maximum atomic E-state index is 11.6. The molecule has 0 aromatic carbocycles. The zero-order chi connectivity index (χ0) is 12.1. The van der Waals surface area contributed by atoms with Gasteiger partial charge in [0.25, 0.3) is 5.56 Å². The van der Waals surface area contributed by atoms with Crippen LogP contribution in [0, 0.1) is 0 Å². The van der Waals surface area contributed by atoms with E-state index in [1.807, 2.05) is 12.3 Å². The summed E-state index contributed by atoms with van der Waals surface area (Å²) < 4.78 is 7.18. The molecule has 1 aromatic rings. The van der Waals surface area contributed by atoms with Gasteiger partial charge in [0.05, 0.1) is 12.3 Å². The molecule has 1 aliphatic rings. The summed E-state index contributed by atoms with van der Waals surface area (Å²) in [5.74, 6) is 0. The van der Waals surface area contributed by atoms with Crippen LogP contribution >= 0.6 is 0 Å². The molecular weight excluding hydrogens is 216 g/mol. The Morgan fingerprint density at radius 3 is 3.12 bits per heavy atom. The molecule has 1 unspecified atom stereocenters. The van der Waals surface area contributed by atoms with Crippen LogP contribution in [0.5, 0.6) is 0 Å². The van der Waals surface area contributed by atoms with Crippen molar-refractivity contribution in [2.24, 2.45) is 0 Å². The summed E-state index contributed by atoms with van der Waals surface area (Å²) in [5.41, 5.74) is 1.07. The highest BCUT2D eigenvalue weighted by molar-refractivity contribution is 5.41. The second kappa shape index (κ2) is 5.87. The van der Waals surface area contributed by atoms with E-state index < -0.39 is 0 Å². The van der Waals surface area contributed by atoms with Crippen molar-refractivity contribution in [3.05, 3.63) is 28.7 Å². The van der Waals surface area contributed by atoms with Crippen LogP contribution in [-0.4, -0.2) is 23.8 Å². The van der Waals surface area contributed by atoms with E-state index in [4.69, 9.17) is 4.74 Å². The van der Waals surface area contributed by atoms with Gasteiger partial charge < -0.3 is 14.6 Å². The number of pyridine rings is 1. The first kappa shape index (κ1) is 12.2. The molecule has 2 heterocycles. The van der Waals surface area contributed by atoms with E-state index in [0.29, 0.717) is 6.04 Å². The van der Waals surface area contributed by atoms with Gasteiger partial charge in [-0.2, -0.15) is 0 Å². The zero-order valence-corrected chi connectivity index (χ0v) is 10.3. The number of nitrogens with one attached hydrogen (secondary N) is 1. The summed E-state index contributed by atoms with van der Waals surface area (Å²) in [6.45, 7) is 4.47. The van der Waals surface area contributed by atoms with E-state index >= 15 is 0 Å². The molecule has 17 heavy (non-hydrogen) atoms. The lowest BCUT2D eigenvalue weighted by Crippen LogP contribution is -2.30. The maximum absolute atomic E-state index is 11.6. The number of nitrogens with zero attached hydrogens (tertiary/aromatic N) is 1. The Kier molecular flexibility index (Phi) is 4.20. The second-order valence-corrected chi connectivity index (χ2v) is 4.51. The van der Waals surface area contributed by atoms with Gasteiger partial charge in [0.15, 0.2) is 0 Å². The fraction of sp³-hybridized carbons (Fsp3) is 0.615. The number of aromatic nitrogens is 1. The molecule has 1 saturated heterocycles. The molecule has 4 heteroatoms. The molecule has 0 spiro atoms. The molecule has 0 bridgehead atoms. The van der Waals surface area contributed by atoms with E-state index in [2.05, 4.69) is 12.2 Å². The molecule has 1 aromatic heterocycles. The minimum Gasteiger partial charge on any atom is -0.379 e. The van der Waals surface area contributed by atoms with Gasteiger partial charge in [0.1, 0.15) is 0 Å². The van der Waals surface area contributed by atoms with Crippen molar-refractivity contribution in [1.82, 2.24) is 4.57 Å². The molecule has 2 rings (SSSR count). The molecule has 94 valence electrons. The first-order chi connectivity index (χ1) is 8.29. The van der Waals surface area contributed by atoms with Crippen LogP contribution < -0.4 is 10.9 Å². The number of hydrogen-bond acceptors (Lipinski definition) is 3. The quantitative estimate of drug-likeness (QED) is 0.867. The highest BCUT2D eigenvalue weighted by Gasteiger charge is 2.13. The molecule has 1 atom stereocenters. The van der Waals surface area contributed by atoms with Gasteiger partial charge in [-0.3, -0.25) is 4.79 Å². The van der Waals surface area contributed by atoms with E-state index in [1.54, 1.807) is 10.6 Å². The summed E-state index contributed by atoms with van der Waals surface area (Å²) in [6.07, 6.45) is 5.11. The van der Waals surface area contributed by atoms with Crippen LogP contribution in [-0.2, 0) is 11.3 Å². The largest absolute Gasteiger partial charge is 0.379 e. The molecule has 0 radical (unpaired) electrons. The Bertz CT molecular complexity index is 408. The van der Waals surface area contributed by atoms with Crippen molar-refractivity contribution in [3.63, 3.8) is 0 Å². The Hall–Kier alpha value is -1.29. The topological polar surface area (TPSA) is 43.3 Å². The lowest BCUT2D eigenvalue weighted by atomic mass is 10.1. The fourth-order valence-corrected chi connectivity index (χ4v) is 2.12. The van der Waals surface area contributed by atoms with Gasteiger partial charge in [-0.15, -0.1) is 0 Å². The molecular formula is C13H20N2O2. The van der Waals surface area contributed by atoms with Crippen LogP contribution in [0.2, 0.25) is 0 Å². The summed E-state index contributed by atoms with van der Waals surface area (Å²) in [4.78, 5) is 11.6. The second-order valence-electron chi connectivity index (χ2n) is 4.51. The molecule has 0 amide bonds. The Balaban J connectivity index is 2.04. The van der Waals surface area contributed by atoms with Crippen molar-refractivity contribution in [2.75, 3.05) is 18.5 Å². The minimum absolute atomic E-state index is 0.0669. The van der Waals surface area contributed by atoms with Gasteiger partial charge in [0, 0.05) is 31.5 Å².